The van der Waals surface area contributed by atoms with Crippen LogP contribution in [0.1, 0.15) is 35.3 Å². The van der Waals surface area contributed by atoms with Crippen molar-refractivity contribution in [2.24, 2.45) is 17.8 Å². The number of alkyl halides is 3. The summed E-state index contributed by atoms with van der Waals surface area (Å²) >= 11 is 0.569. The van der Waals surface area contributed by atoms with Gasteiger partial charge in [-0.25, -0.2) is 4.98 Å². The lowest BCUT2D eigenvalue weighted by molar-refractivity contribution is -0.137. The van der Waals surface area contributed by atoms with Crippen molar-refractivity contribution in [1.82, 2.24) is 4.98 Å². The van der Waals surface area contributed by atoms with Gasteiger partial charge in [-0.3, -0.25) is 0 Å². The monoisotopic (exact) mass is 263 g/mol. The van der Waals surface area contributed by atoms with E-state index in [9.17, 15) is 18.3 Å². The topological polar surface area (TPSA) is 33.1 Å². The van der Waals surface area contributed by atoms with Crippen molar-refractivity contribution in [1.29, 1.82) is 0 Å². The summed E-state index contributed by atoms with van der Waals surface area (Å²) < 4.78 is 37.1. The fraction of sp³-hybridized carbons (Fsp3) is 0.727. The number of aliphatic hydroxyl groups is 1. The number of aliphatic hydroxyl groups excluding tert-OH is 1. The van der Waals surface area contributed by atoms with Crippen LogP contribution in [0, 0.1) is 17.8 Å². The summed E-state index contributed by atoms with van der Waals surface area (Å²) in [4.78, 5) is 3.70. The van der Waals surface area contributed by atoms with Crippen LogP contribution in [0.25, 0.3) is 0 Å². The highest BCUT2D eigenvalue weighted by Gasteiger charge is 2.56. The Labute approximate surface area is 100 Å². The molecule has 1 aromatic heterocycles. The lowest BCUT2D eigenvalue weighted by Crippen LogP contribution is -2.03. The van der Waals surface area contributed by atoms with Crippen molar-refractivity contribution in [2.75, 3.05) is 0 Å². The molecule has 0 aromatic carbocycles. The highest BCUT2D eigenvalue weighted by atomic mass is 32.1. The van der Waals surface area contributed by atoms with Crippen molar-refractivity contribution >= 4 is 11.3 Å². The van der Waals surface area contributed by atoms with E-state index in [1.54, 1.807) is 0 Å². The van der Waals surface area contributed by atoms with Gasteiger partial charge in [-0.15, -0.1) is 11.3 Å². The molecule has 0 spiro atoms. The maximum absolute atomic E-state index is 12.4. The molecule has 0 amide bonds. The molecule has 3 unspecified atom stereocenters. The fourth-order valence-corrected chi connectivity index (χ4v) is 3.92. The Morgan fingerprint density at radius 1 is 1.35 bits per heavy atom. The van der Waals surface area contributed by atoms with E-state index in [4.69, 9.17) is 0 Å². The number of aromatic nitrogens is 1. The number of hydrogen-bond donors (Lipinski definition) is 1. The predicted octanol–water partition coefficient (Wildman–Crippen LogP) is 3.24. The molecule has 1 heterocycles. The molecule has 3 rings (SSSR count). The molecule has 94 valence electrons. The Hall–Kier alpha value is -0.620. The van der Waals surface area contributed by atoms with Gasteiger partial charge in [0.2, 0.25) is 0 Å². The SMILES string of the molecule is OC(c1cnc(C(F)(F)F)s1)C1C2CCCC21. The summed E-state index contributed by atoms with van der Waals surface area (Å²) in [6, 6.07) is 0. The lowest BCUT2D eigenvalue weighted by Gasteiger charge is -2.09. The Bertz CT molecular complexity index is 421. The van der Waals surface area contributed by atoms with Gasteiger partial charge in [0.1, 0.15) is 0 Å². The average Bonchev–Trinajstić information content (AvgIpc) is 2.74. The molecule has 3 atom stereocenters. The van der Waals surface area contributed by atoms with E-state index in [-0.39, 0.29) is 5.92 Å². The van der Waals surface area contributed by atoms with Gasteiger partial charge in [-0.05, 0) is 30.6 Å². The predicted molar refractivity (Wildman–Crippen MR) is 56.4 cm³/mol. The van der Waals surface area contributed by atoms with Crippen LogP contribution < -0.4 is 0 Å². The fourth-order valence-electron chi connectivity index (χ4n) is 3.09. The number of fused-ring (bicyclic) bond motifs is 1. The highest BCUT2D eigenvalue weighted by Crippen LogP contribution is 2.62. The van der Waals surface area contributed by atoms with Crippen LogP contribution in [0.3, 0.4) is 0 Å². The second kappa shape index (κ2) is 3.68. The quantitative estimate of drug-likeness (QED) is 0.888. The Morgan fingerprint density at radius 3 is 2.53 bits per heavy atom. The van der Waals surface area contributed by atoms with Gasteiger partial charge in [0.25, 0.3) is 0 Å². The Balaban J connectivity index is 1.74. The van der Waals surface area contributed by atoms with E-state index in [0.29, 0.717) is 28.0 Å². The normalized spacial score (nSPS) is 33.5. The first-order valence-corrected chi connectivity index (χ1v) is 6.51. The van der Waals surface area contributed by atoms with Crippen LogP contribution in [0.5, 0.6) is 0 Å². The second-order valence-electron chi connectivity index (χ2n) is 4.85. The first-order chi connectivity index (χ1) is 7.98. The number of nitrogens with zero attached hydrogens (tertiary/aromatic N) is 1. The molecule has 1 aromatic rings. The molecule has 2 aliphatic carbocycles. The maximum atomic E-state index is 12.4. The van der Waals surface area contributed by atoms with Gasteiger partial charge in [-0.2, -0.15) is 13.2 Å². The molecule has 0 radical (unpaired) electrons. The maximum Gasteiger partial charge on any atom is 0.443 e. The van der Waals surface area contributed by atoms with E-state index in [1.807, 2.05) is 0 Å². The summed E-state index contributed by atoms with van der Waals surface area (Å²) in [5, 5.41) is 9.18. The molecule has 2 aliphatic rings. The van der Waals surface area contributed by atoms with Gasteiger partial charge in [0.15, 0.2) is 5.01 Å². The van der Waals surface area contributed by atoms with Crippen molar-refractivity contribution in [2.45, 2.75) is 31.5 Å². The molecule has 0 bridgehead atoms. The lowest BCUT2D eigenvalue weighted by atomic mass is 10.1. The zero-order valence-corrected chi connectivity index (χ0v) is 9.76. The van der Waals surface area contributed by atoms with Crippen molar-refractivity contribution in [3.63, 3.8) is 0 Å². The molecular weight excluding hydrogens is 251 g/mol. The number of hydrogen-bond acceptors (Lipinski definition) is 3. The highest BCUT2D eigenvalue weighted by molar-refractivity contribution is 7.11. The number of halogens is 3. The molecular formula is C11H12F3NOS. The Kier molecular flexibility index (Phi) is 2.49. The summed E-state index contributed by atoms with van der Waals surface area (Å²) in [7, 11) is 0. The van der Waals surface area contributed by atoms with Crippen LogP contribution in [0.4, 0.5) is 13.2 Å². The first-order valence-electron chi connectivity index (χ1n) is 5.69. The van der Waals surface area contributed by atoms with Gasteiger partial charge in [0, 0.05) is 6.20 Å². The summed E-state index contributed by atoms with van der Waals surface area (Å²) in [6.45, 7) is 0. The van der Waals surface area contributed by atoms with Crippen LogP contribution in [0.15, 0.2) is 6.20 Å². The number of thiazole rings is 1. The minimum atomic E-state index is -4.40. The van der Waals surface area contributed by atoms with Crippen molar-refractivity contribution in [3.05, 3.63) is 16.1 Å². The van der Waals surface area contributed by atoms with Crippen LogP contribution >= 0.6 is 11.3 Å². The molecule has 1 N–H and O–H groups in total. The van der Waals surface area contributed by atoms with Gasteiger partial charge in [-0.1, -0.05) is 6.42 Å². The van der Waals surface area contributed by atoms with Gasteiger partial charge in [0.05, 0.1) is 11.0 Å². The third-order valence-corrected chi connectivity index (χ3v) is 5.01. The molecule has 2 fully saturated rings. The van der Waals surface area contributed by atoms with Crippen LogP contribution in [-0.2, 0) is 6.18 Å². The molecule has 6 heteroatoms. The smallest absolute Gasteiger partial charge is 0.387 e. The molecule has 2 nitrogen and oxygen atoms in total. The van der Waals surface area contributed by atoms with E-state index < -0.39 is 17.3 Å². The van der Waals surface area contributed by atoms with E-state index in [2.05, 4.69) is 4.98 Å². The molecule has 17 heavy (non-hydrogen) atoms. The third-order valence-electron chi connectivity index (χ3n) is 3.89. The molecule has 2 saturated carbocycles. The standard InChI is InChI=1S/C11H12F3NOS/c12-11(13,14)10-15-4-7(17-10)9(16)8-5-2-1-3-6(5)8/h4-6,8-9,16H,1-3H2. The zero-order valence-electron chi connectivity index (χ0n) is 8.94. The van der Waals surface area contributed by atoms with E-state index >= 15 is 0 Å². The zero-order chi connectivity index (χ0) is 12.2. The second-order valence-corrected chi connectivity index (χ2v) is 5.91. The van der Waals surface area contributed by atoms with Crippen molar-refractivity contribution < 1.29 is 18.3 Å². The van der Waals surface area contributed by atoms with Gasteiger partial charge >= 0.3 is 6.18 Å². The minimum absolute atomic E-state index is 0.172. The summed E-state index contributed by atoms with van der Waals surface area (Å²) in [5.41, 5.74) is 0. The van der Waals surface area contributed by atoms with Crippen LogP contribution in [0.2, 0.25) is 0 Å². The largest absolute Gasteiger partial charge is 0.443 e. The molecule has 0 aliphatic heterocycles. The van der Waals surface area contributed by atoms with E-state index in [0.717, 1.165) is 12.8 Å². The number of rotatable bonds is 2. The summed E-state index contributed by atoms with van der Waals surface area (Å²) in [6.07, 6.45) is -0.572. The third kappa shape index (κ3) is 1.87. The average molecular weight is 263 g/mol. The van der Waals surface area contributed by atoms with E-state index in [1.165, 1.54) is 12.6 Å². The first kappa shape index (κ1) is 11.5. The Morgan fingerprint density at radius 2 is 2.00 bits per heavy atom. The summed E-state index contributed by atoms with van der Waals surface area (Å²) in [5.74, 6) is 1.23. The minimum Gasteiger partial charge on any atom is -0.387 e. The van der Waals surface area contributed by atoms with Crippen molar-refractivity contribution in [3.8, 4) is 0 Å². The van der Waals surface area contributed by atoms with Gasteiger partial charge < -0.3 is 5.11 Å². The molecule has 0 saturated heterocycles. The van der Waals surface area contributed by atoms with Crippen LogP contribution in [-0.4, -0.2) is 10.1 Å².